The molecule has 0 radical (unpaired) electrons. The molecule has 15 heteroatoms. The van der Waals surface area contributed by atoms with Crippen LogP contribution in [-0.2, 0) is 32.1 Å². The Morgan fingerprint density at radius 3 is 2.24 bits per heavy atom. The maximum Gasteiger partial charge on any atom is 0.341 e. The fourth-order valence-electron chi connectivity index (χ4n) is 5.90. The van der Waals surface area contributed by atoms with E-state index in [1.807, 2.05) is 13.0 Å². The zero-order valence-electron chi connectivity index (χ0n) is 31.3. The molecule has 0 spiro atoms. The summed E-state index contributed by atoms with van der Waals surface area (Å²) in [5.41, 5.74) is 2.31. The summed E-state index contributed by atoms with van der Waals surface area (Å²) in [4.78, 5) is 68.9. The molecule has 1 unspecified atom stereocenters. The average Bonchev–Trinajstić information content (AvgIpc) is 3.56. The lowest BCUT2D eigenvalue weighted by atomic mass is 10.0. The number of esters is 1. The molecule has 55 heavy (non-hydrogen) atoms. The fourth-order valence-corrected chi connectivity index (χ4v) is 8.16. The quantitative estimate of drug-likeness (QED) is 0.0743. The van der Waals surface area contributed by atoms with Crippen molar-refractivity contribution < 1.29 is 42.9 Å². The molecule has 0 bridgehead atoms. The van der Waals surface area contributed by atoms with Crippen LogP contribution in [0.15, 0.2) is 77.3 Å². The van der Waals surface area contributed by atoms with E-state index in [1.165, 1.54) is 64.5 Å². The normalized spacial score (nSPS) is 12.8. The van der Waals surface area contributed by atoms with E-state index in [0.717, 1.165) is 10.4 Å². The number of benzene rings is 3. The van der Waals surface area contributed by atoms with Crippen molar-refractivity contribution in [1.29, 1.82) is 0 Å². The number of amides is 4. The lowest BCUT2D eigenvalue weighted by Crippen LogP contribution is -2.34. The van der Waals surface area contributed by atoms with Crippen LogP contribution in [0.4, 0.5) is 10.7 Å². The van der Waals surface area contributed by atoms with Gasteiger partial charge in [-0.2, -0.15) is 0 Å². The van der Waals surface area contributed by atoms with Crippen molar-refractivity contribution >= 4 is 69.5 Å². The van der Waals surface area contributed by atoms with E-state index >= 15 is 0 Å². The lowest BCUT2D eigenvalue weighted by molar-refractivity contribution is -0.129. The van der Waals surface area contributed by atoms with Crippen molar-refractivity contribution in [3.05, 3.63) is 99.6 Å². The molecule has 0 saturated heterocycles. The molecule has 0 fully saturated rings. The van der Waals surface area contributed by atoms with E-state index in [-0.39, 0.29) is 17.5 Å². The molecule has 1 aliphatic rings. The SMILES string of the molecule is CCC(Sc1cccc(NC(=O)/C(=C\c2cc(OC)c(OC)c(OC)c2)NC(=O)c2ccccc2)c1)C(=O)Nc1sc2c(c1C(=O)OC)CCN(C(C)=O)C2. The summed E-state index contributed by atoms with van der Waals surface area (Å²) >= 11 is 2.57. The number of anilines is 2. The highest BCUT2D eigenvalue weighted by molar-refractivity contribution is 8.00. The number of nitrogens with one attached hydrogen (secondary N) is 3. The minimum absolute atomic E-state index is 0.0570. The predicted octanol–water partition coefficient (Wildman–Crippen LogP) is 6.38. The van der Waals surface area contributed by atoms with Crippen LogP contribution in [0, 0.1) is 0 Å². The average molecular weight is 787 g/mol. The molecule has 1 aliphatic heterocycles. The van der Waals surface area contributed by atoms with E-state index in [0.29, 0.717) is 75.5 Å². The van der Waals surface area contributed by atoms with Crippen LogP contribution in [0.1, 0.15) is 57.0 Å². The zero-order chi connectivity index (χ0) is 39.6. The number of hydrogen-bond acceptors (Lipinski definition) is 11. The van der Waals surface area contributed by atoms with Crippen LogP contribution < -0.4 is 30.2 Å². The van der Waals surface area contributed by atoms with Crippen LogP contribution in [0.3, 0.4) is 0 Å². The molecule has 13 nitrogen and oxygen atoms in total. The molecule has 3 aromatic carbocycles. The first-order chi connectivity index (χ1) is 26.5. The van der Waals surface area contributed by atoms with Crippen molar-refractivity contribution in [3.8, 4) is 17.2 Å². The molecular formula is C40H42N4O9S2. The van der Waals surface area contributed by atoms with Gasteiger partial charge in [-0.1, -0.05) is 31.2 Å². The van der Waals surface area contributed by atoms with Gasteiger partial charge in [0.05, 0.1) is 45.8 Å². The summed E-state index contributed by atoms with van der Waals surface area (Å²) in [6.07, 6.45) is 2.43. The Labute approximate surface area is 327 Å². The van der Waals surface area contributed by atoms with Crippen molar-refractivity contribution in [2.45, 2.75) is 43.4 Å². The number of ether oxygens (including phenoxy) is 4. The molecule has 1 atom stereocenters. The van der Waals surface area contributed by atoms with Gasteiger partial charge in [-0.25, -0.2) is 4.79 Å². The molecule has 288 valence electrons. The van der Waals surface area contributed by atoms with Gasteiger partial charge in [0.1, 0.15) is 10.7 Å². The smallest absolute Gasteiger partial charge is 0.341 e. The Hall–Kier alpha value is -5.80. The molecular weight excluding hydrogens is 745 g/mol. The lowest BCUT2D eigenvalue weighted by Gasteiger charge is -2.25. The Morgan fingerprint density at radius 2 is 1.62 bits per heavy atom. The van der Waals surface area contributed by atoms with E-state index in [2.05, 4.69) is 16.0 Å². The summed E-state index contributed by atoms with van der Waals surface area (Å²) in [6, 6.07) is 18.8. The number of carbonyl (C=O) groups is 5. The van der Waals surface area contributed by atoms with E-state index in [9.17, 15) is 24.0 Å². The van der Waals surface area contributed by atoms with Gasteiger partial charge in [0.2, 0.25) is 17.6 Å². The minimum Gasteiger partial charge on any atom is -0.493 e. The number of hydrogen-bond donors (Lipinski definition) is 3. The second kappa shape index (κ2) is 18.5. The van der Waals surface area contributed by atoms with Gasteiger partial charge in [-0.05, 0) is 72.5 Å². The molecule has 3 N–H and O–H groups in total. The Balaban J connectivity index is 1.37. The number of thioether (sulfide) groups is 1. The molecule has 4 aromatic rings. The Bertz CT molecular complexity index is 2090. The van der Waals surface area contributed by atoms with Crippen molar-refractivity contribution in [1.82, 2.24) is 10.2 Å². The van der Waals surface area contributed by atoms with E-state index in [1.54, 1.807) is 65.6 Å². The summed E-state index contributed by atoms with van der Waals surface area (Å²) in [5, 5.41) is 8.36. The van der Waals surface area contributed by atoms with Crippen LogP contribution in [0.25, 0.3) is 6.08 Å². The Kier molecular flexibility index (Phi) is 13.6. The third-order valence-electron chi connectivity index (χ3n) is 8.69. The highest BCUT2D eigenvalue weighted by Crippen LogP contribution is 2.40. The third kappa shape index (κ3) is 9.66. The van der Waals surface area contributed by atoms with Crippen molar-refractivity contribution in [2.24, 2.45) is 0 Å². The highest BCUT2D eigenvalue weighted by Gasteiger charge is 2.31. The monoisotopic (exact) mass is 786 g/mol. The maximum atomic E-state index is 13.9. The molecule has 0 aliphatic carbocycles. The largest absolute Gasteiger partial charge is 0.493 e. The second-order valence-corrected chi connectivity index (χ2v) is 14.6. The van der Waals surface area contributed by atoms with Gasteiger partial charge in [-0.3, -0.25) is 19.2 Å². The summed E-state index contributed by atoms with van der Waals surface area (Å²) < 4.78 is 21.4. The number of carbonyl (C=O) groups excluding carboxylic acids is 5. The van der Waals surface area contributed by atoms with Gasteiger partial charge in [0, 0.05) is 34.5 Å². The number of thiophene rings is 1. The first-order valence-electron chi connectivity index (χ1n) is 17.2. The number of methoxy groups -OCH3 is 4. The number of rotatable bonds is 14. The predicted molar refractivity (Wildman–Crippen MR) is 212 cm³/mol. The van der Waals surface area contributed by atoms with Crippen LogP contribution in [0.2, 0.25) is 0 Å². The third-order valence-corrected chi connectivity index (χ3v) is 11.2. The van der Waals surface area contributed by atoms with Gasteiger partial charge >= 0.3 is 5.97 Å². The summed E-state index contributed by atoms with van der Waals surface area (Å²) in [5.74, 6) is -0.927. The zero-order valence-corrected chi connectivity index (χ0v) is 32.9. The molecule has 0 saturated carbocycles. The second-order valence-electron chi connectivity index (χ2n) is 12.2. The van der Waals surface area contributed by atoms with Crippen LogP contribution >= 0.6 is 23.1 Å². The summed E-state index contributed by atoms with van der Waals surface area (Å²) in [7, 11) is 5.73. The topological polar surface area (TPSA) is 162 Å². The van der Waals surface area contributed by atoms with Crippen LogP contribution in [-0.4, -0.2) is 74.7 Å². The van der Waals surface area contributed by atoms with Crippen molar-refractivity contribution in [3.63, 3.8) is 0 Å². The standard InChI is InChI=1S/C40H42N4O9S2/c1-7-32(38(48)43-39-34(40(49)53-6)28-16-17-44(23(2)45)22-33(28)55-39)54-27-15-11-14-26(21-27)41-37(47)29(42-36(46)25-12-9-8-10-13-25)18-24-19-30(50-3)35(52-5)31(20-24)51-4/h8-15,18-21,32H,7,16-17,22H2,1-6H3,(H,41,47)(H,42,46)(H,43,48)/b29-18+. The van der Waals surface area contributed by atoms with Crippen molar-refractivity contribution in [2.75, 3.05) is 45.6 Å². The van der Waals surface area contributed by atoms with Gasteiger partial charge < -0.3 is 39.8 Å². The first kappa shape index (κ1) is 40.4. The van der Waals surface area contributed by atoms with Gasteiger partial charge in [-0.15, -0.1) is 23.1 Å². The van der Waals surface area contributed by atoms with E-state index < -0.39 is 23.0 Å². The Morgan fingerprint density at radius 1 is 0.909 bits per heavy atom. The van der Waals surface area contributed by atoms with Gasteiger partial charge in [0.15, 0.2) is 11.5 Å². The van der Waals surface area contributed by atoms with Crippen LogP contribution in [0.5, 0.6) is 17.2 Å². The molecule has 5 rings (SSSR count). The molecule has 2 heterocycles. The van der Waals surface area contributed by atoms with E-state index in [4.69, 9.17) is 18.9 Å². The minimum atomic E-state index is -0.606. The summed E-state index contributed by atoms with van der Waals surface area (Å²) in [6.45, 7) is 4.21. The van der Waals surface area contributed by atoms with Gasteiger partial charge in [0.25, 0.3) is 11.8 Å². The maximum absolute atomic E-state index is 13.9. The molecule has 4 amide bonds. The fraction of sp³-hybridized carbons (Fsp3) is 0.275. The molecule has 1 aromatic heterocycles. The first-order valence-corrected chi connectivity index (χ1v) is 18.9. The number of nitrogens with zero attached hydrogens (tertiary/aromatic N) is 1. The number of fused-ring (bicyclic) bond motifs is 1. The highest BCUT2D eigenvalue weighted by atomic mass is 32.2.